The van der Waals surface area contributed by atoms with Crippen molar-refractivity contribution < 1.29 is 27.5 Å². The van der Waals surface area contributed by atoms with Crippen LogP contribution in [0.2, 0.25) is 0 Å². The molecule has 0 atom stereocenters. The highest BCUT2D eigenvalue weighted by Crippen LogP contribution is 2.32. The Bertz CT molecular complexity index is 1400. The van der Waals surface area contributed by atoms with Gasteiger partial charge >= 0.3 is 6.18 Å². The fourth-order valence-electron chi connectivity index (χ4n) is 3.95. The van der Waals surface area contributed by atoms with Gasteiger partial charge in [-0.3, -0.25) is 4.79 Å². The smallest absolute Gasteiger partial charge is 0.389 e. The van der Waals surface area contributed by atoms with Crippen molar-refractivity contribution in [3.8, 4) is 0 Å². The largest absolute Gasteiger partial charge is 0.417 e. The maximum absolute atomic E-state index is 13.7. The number of anilines is 2. The van der Waals surface area contributed by atoms with E-state index in [1.165, 1.54) is 35.0 Å². The Labute approximate surface area is 196 Å². The molecule has 0 radical (unpaired) electrons. The van der Waals surface area contributed by atoms with Gasteiger partial charge in [0.2, 0.25) is 0 Å². The Kier molecular flexibility index (Phi) is 5.64. The zero-order chi connectivity index (χ0) is 24.7. The van der Waals surface area contributed by atoms with Crippen LogP contribution in [-0.4, -0.2) is 44.7 Å². The van der Waals surface area contributed by atoms with Crippen LogP contribution in [0.1, 0.15) is 21.6 Å². The third-order valence-electron chi connectivity index (χ3n) is 5.72. The number of nitrogens with zero attached hydrogens (tertiary/aromatic N) is 4. The number of alkyl halides is 3. The molecule has 3 aromatic heterocycles. The molecule has 1 aliphatic heterocycles. The minimum atomic E-state index is -4.59. The molecule has 1 fully saturated rings. The number of amides is 1. The first-order valence-electron chi connectivity index (χ1n) is 10.7. The molecule has 0 unspecified atom stereocenters. The van der Waals surface area contributed by atoms with Gasteiger partial charge in [0.1, 0.15) is 23.0 Å². The highest BCUT2D eigenvalue weighted by atomic mass is 19.4. The van der Waals surface area contributed by atoms with E-state index in [0.29, 0.717) is 36.4 Å². The van der Waals surface area contributed by atoms with Gasteiger partial charge in [-0.25, -0.2) is 14.4 Å². The third-order valence-corrected chi connectivity index (χ3v) is 5.72. The Morgan fingerprint density at radius 1 is 1.09 bits per heavy atom. The minimum absolute atomic E-state index is 0.0247. The molecule has 1 aliphatic rings. The number of benzene rings is 1. The standard InChI is InChI=1S/C24H19F4N5O2/c25-17-3-1-2-14(6-17)11-33-20(8-15-7-16(24(26,27)28)9-30-22(15)33)23(35)31-18-4-5-21(29-10-18)32-12-19(34)13-32/h1-10,19,34H,11-13H2,(H,31,35). The molecule has 4 heterocycles. The molecule has 35 heavy (non-hydrogen) atoms. The summed E-state index contributed by atoms with van der Waals surface area (Å²) in [5, 5.41) is 12.3. The topological polar surface area (TPSA) is 83.3 Å². The summed E-state index contributed by atoms with van der Waals surface area (Å²) in [5.74, 6) is -0.405. The van der Waals surface area contributed by atoms with E-state index in [4.69, 9.17) is 0 Å². The number of rotatable bonds is 5. The number of aliphatic hydroxyl groups excluding tert-OH is 1. The van der Waals surface area contributed by atoms with Crippen molar-refractivity contribution in [3.05, 3.63) is 83.6 Å². The normalized spacial score (nSPS) is 14.3. The Morgan fingerprint density at radius 2 is 1.89 bits per heavy atom. The van der Waals surface area contributed by atoms with Crippen LogP contribution >= 0.6 is 0 Å². The van der Waals surface area contributed by atoms with Crippen LogP contribution in [-0.2, 0) is 12.7 Å². The van der Waals surface area contributed by atoms with Crippen LogP contribution in [0.15, 0.2) is 60.9 Å². The van der Waals surface area contributed by atoms with E-state index in [2.05, 4.69) is 15.3 Å². The van der Waals surface area contributed by atoms with E-state index in [-0.39, 0.29) is 29.4 Å². The lowest BCUT2D eigenvalue weighted by molar-refractivity contribution is -0.137. The number of nitrogens with one attached hydrogen (secondary N) is 1. The second-order valence-electron chi connectivity index (χ2n) is 8.30. The summed E-state index contributed by atoms with van der Waals surface area (Å²) in [7, 11) is 0. The molecule has 1 amide bonds. The van der Waals surface area contributed by atoms with Crippen LogP contribution in [0, 0.1) is 5.82 Å². The van der Waals surface area contributed by atoms with Gasteiger partial charge < -0.3 is 19.9 Å². The number of hydrogen-bond donors (Lipinski definition) is 2. The monoisotopic (exact) mass is 485 g/mol. The third kappa shape index (κ3) is 4.67. The molecule has 0 aliphatic carbocycles. The summed E-state index contributed by atoms with van der Waals surface area (Å²) < 4.78 is 54.8. The molecular formula is C24H19F4N5O2. The zero-order valence-electron chi connectivity index (χ0n) is 18.1. The number of aliphatic hydroxyl groups is 1. The van der Waals surface area contributed by atoms with Gasteiger partial charge in [-0.1, -0.05) is 12.1 Å². The molecule has 5 rings (SSSR count). The number of hydrogen-bond acceptors (Lipinski definition) is 5. The quantitative estimate of drug-likeness (QED) is 0.417. The summed E-state index contributed by atoms with van der Waals surface area (Å²) in [6.45, 7) is 0.981. The summed E-state index contributed by atoms with van der Waals surface area (Å²) in [5.41, 5.74) is 0.186. The SMILES string of the molecule is O=C(Nc1ccc(N2CC(O)C2)nc1)c1cc2cc(C(F)(F)F)cnc2n1Cc1cccc(F)c1. The number of halogens is 4. The second-order valence-corrected chi connectivity index (χ2v) is 8.30. The van der Waals surface area contributed by atoms with E-state index in [0.717, 1.165) is 6.07 Å². The predicted octanol–water partition coefficient (Wildman–Crippen LogP) is 4.07. The van der Waals surface area contributed by atoms with Gasteiger partial charge in [0.25, 0.3) is 5.91 Å². The Hall–Kier alpha value is -3.99. The van der Waals surface area contributed by atoms with Crippen LogP contribution in [0.3, 0.4) is 0 Å². The molecule has 0 saturated carbocycles. The van der Waals surface area contributed by atoms with Crippen molar-refractivity contribution in [1.29, 1.82) is 0 Å². The van der Waals surface area contributed by atoms with E-state index in [9.17, 15) is 27.5 Å². The van der Waals surface area contributed by atoms with Gasteiger partial charge in [0, 0.05) is 31.2 Å². The van der Waals surface area contributed by atoms with E-state index >= 15 is 0 Å². The van der Waals surface area contributed by atoms with Crippen molar-refractivity contribution in [2.45, 2.75) is 18.8 Å². The molecule has 0 spiro atoms. The molecule has 2 N–H and O–H groups in total. The number of carbonyl (C=O) groups is 1. The average Bonchev–Trinajstić information content (AvgIpc) is 3.15. The van der Waals surface area contributed by atoms with Crippen molar-refractivity contribution >= 4 is 28.4 Å². The first-order chi connectivity index (χ1) is 16.7. The summed E-state index contributed by atoms with van der Waals surface area (Å²) in [6.07, 6.45) is -2.81. The van der Waals surface area contributed by atoms with Crippen LogP contribution < -0.4 is 10.2 Å². The van der Waals surface area contributed by atoms with Gasteiger partial charge in [-0.2, -0.15) is 13.2 Å². The molecular weight excluding hydrogens is 466 g/mol. The highest BCUT2D eigenvalue weighted by molar-refractivity contribution is 6.06. The van der Waals surface area contributed by atoms with E-state index < -0.39 is 23.5 Å². The van der Waals surface area contributed by atoms with Crippen molar-refractivity contribution in [3.63, 3.8) is 0 Å². The van der Waals surface area contributed by atoms with Gasteiger partial charge in [-0.05, 0) is 42.0 Å². The maximum Gasteiger partial charge on any atom is 0.417 e. The molecule has 7 nitrogen and oxygen atoms in total. The molecule has 1 aromatic carbocycles. The van der Waals surface area contributed by atoms with Gasteiger partial charge in [0.15, 0.2) is 0 Å². The first kappa shape index (κ1) is 22.8. The van der Waals surface area contributed by atoms with E-state index in [1.807, 2.05) is 4.90 Å². The van der Waals surface area contributed by atoms with Gasteiger partial charge in [-0.15, -0.1) is 0 Å². The maximum atomic E-state index is 13.7. The van der Waals surface area contributed by atoms with Crippen molar-refractivity contribution in [2.75, 3.05) is 23.3 Å². The Morgan fingerprint density at radius 3 is 2.54 bits per heavy atom. The Balaban J connectivity index is 1.47. The minimum Gasteiger partial charge on any atom is -0.389 e. The number of aromatic nitrogens is 3. The zero-order valence-corrected chi connectivity index (χ0v) is 18.1. The fourth-order valence-corrected chi connectivity index (χ4v) is 3.95. The van der Waals surface area contributed by atoms with Crippen molar-refractivity contribution in [2.24, 2.45) is 0 Å². The highest BCUT2D eigenvalue weighted by Gasteiger charge is 2.32. The molecule has 0 bridgehead atoms. The van der Waals surface area contributed by atoms with Crippen LogP contribution in [0.4, 0.5) is 29.1 Å². The molecule has 1 saturated heterocycles. The first-order valence-corrected chi connectivity index (χ1v) is 10.7. The summed E-state index contributed by atoms with van der Waals surface area (Å²) >= 11 is 0. The summed E-state index contributed by atoms with van der Waals surface area (Å²) in [4.78, 5) is 23.3. The number of fused-ring (bicyclic) bond motifs is 1. The lowest BCUT2D eigenvalue weighted by Crippen LogP contribution is -2.51. The number of pyridine rings is 2. The number of β-amino-alcohol motifs (C(OH)–C–C–N with tert-alkyl or cyclic N) is 1. The van der Waals surface area contributed by atoms with Crippen LogP contribution in [0.5, 0.6) is 0 Å². The average molecular weight is 485 g/mol. The fraction of sp³-hybridized carbons (Fsp3) is 0.208. The summed E-state index contributed by atoms with van der Waals surface area (Å²) in [6, 6.07) is 11.3. The molecule has 180 valence electrons. The molecule has 11 heteroatoms. The van der Waals surface area contributed by atoms with Crippen LogP contribution in [0.25, 0.3) is 11.0 Å². The lowest BCUT2D eigenvalue weighted by Gasteiger charge is -2.36. The van der Waals surface area contributed by atoms with E-state index in [1.54, 1.807) is 18.2 Å². The second kappa shape index (κ2) is 8.66. The predicted molar refractivity (Wildman–Crippen MR) is 121 cm³/mol. The molecule has 4 aromatic rings. The van der Waals surface area contributed by atoms with Gasteiger partial charge in [0.05, 0.1) is 23.6 Å². The lowest BCUT2D eigenvalue weighted by atomic mass is 10.2. The number of carbonyl (C=O) groups excluding carboxylic acids is 1. The van der Waals surface area contributed by atoms with Crippen molar-refractivity contribution in [1.82, 2.24) is 14.5 Å².